The number of likely N-dealkylation sites (N-methyl/N-ethyl adjacent to an activating group) is 1. The summed E-state index contributed by atoms with van der Waals surface area (Å²) in [7, 11) is 1.85. The lowest BCUT2D eigenvalue weighted by molar-refractivity contribution is -0.128. The van der Waals surface area contributed by atoms with Crippen LogP contribution in [0.3, 0.4) is 0 Å². The summed E-state index contributed by atoms with van der Waals surface area (Å²) in [5.41, 5.74) is 1.19. The van der Waals surface area contributed by atoms with E-state index in [1.807, 2.05) is 19.2 Å². The normalized spacial score (nSPS) is 21.4. The lowest BCUT2D eigenvalue weighted by atomic mass is 10.1. The van der Waals surface area contributed by atoms with Gasteiger partial charge in [-0.3, -0.25) is 4.79 Å². The Morgan fingerprint density at radius 1 is 1.30 bits per heavy atom. The molecule has 1 saturated heterocycles. The van der Waals surface area contributed by atoms with E-state index in [2.05, 4.69) is 11.4 Å². The maximum Gasteiger partial charge on any atom is 0.239 e. The molecule has 0 radical (unpaired) electrons. The Bertz CT molecular complexity index is 504. The maximum absolute atomic E-state index is 11.8. The summed E-state index contributed by atoms with van der Waals surface area (Å²) in [6.45, 7) is 2.87. The number of hydrogen-bond acceptors (Lipinski definition) is 4. The number of fused-ring (bicyclic) bond motifs is 1. The van der Waals surface area contributed by atoms with Crippen molar-refractivity contribution in [2.75, 3.05) is 33.4 Å². The second-order valence-corrected chi connectivity index (χ2v) is 5.28. The smallest absolute Gasteiger partial charge is 0.239 e. The Hall–Kier alpha value is -1.75. The number of carbonyl (C=O) groups excluding carboxylic acids is 1. The zero-order valence-electron chi connectivity index (χ0n) is 11.7. The first kappa shape index (κ1) is 13.2. The van der Waals surface area contributed by atoms with Crippen LogP contribution in [-0.4, -0.2) is 50.2 Å². The summed E-state index contributed by atoms with van der Waals surface area (Å²) >= 11 is 0. The van der Waals surface area contributed by atoms with Crippen LogP contribution in [0.2, 0.25) is 0 Å². The fraction of sp³-hybridized carbons (Fsp3) is 0.533. The monoisotopic (exact) mass is 276 g/mol. The number of nitrogens with one attached hydrogen (secondary N) is 1. The zero-order chi connectivity index (χ0) is 13.9. The van der Waals surface area contributed by atoms with Crippen LogP contribution in [0.25, 0.3) is 0 Å². The highest BCUT2D eigenvalue weighted by Gasteiger charge is 2.28. The minimum atomic E-state index is -0.0165. The summed E-state index contributed by atoms with van der Waals surface area (Å²) in [5, 5.41) is 3.33. The van der Waals surface area contributed by atoms with Crippen LogP contribution in [0.1, 0.15) is 12.0 Å². The number of benzene rings is 1. The van der Waals surface area contributed by atoms with Crippen LogP contribution in [0, 0.1) is 0 Å². The summed E-state index contributed by atoms with van der Waals surface area (Å²) in [6.07, 6.45) is 1.78. The van der Waals surface area contributed by atoms with Crippen molar-refractivity contribution < 1.29 is 14.3 Å². The molecule has 0 saturated carbocycles. The van der Waals surface area contributed by atoms with Gasteiger partial charge in [-0.25, -0.2) is 0 Å². The van der Waals surface area contributed by atoms with Crippen molar-refractivity contribution in [3.8, 4) is 11.5 Å². The van der Waals surface area contributed by atoms with Crippen molar-refractivity contribution >= 4 is 5.91 Å². The first-order valence-corrected chi connectivity index (χ1v) is 7.11. The predicted molar refractivity (Wildman–Crippen MR) is 75.2 cm³/mol. The van der Waals surface area contributed by atoms with Crippen LogP contribution in [-0.2, 0) is 11.2 Å². The highest BCUT2D eigenvalue weighted by molar-refractivity contribution is 5.83. The maximum atomic E-state index is 11.8. The zero-order valence-corrected chi connectivity index (χ0v) is 11.7. The molecule has 1 amide bonds. The molecule has 2 heterocycles. The van der Waals surface area contributed by atoms with Gasteiger partial charge < -0.3 is 19.7 Å². The number of ether oxygens (including phenoxy) is 2. The Kier molecular flexibility index (Phi) is 3.78. The van der Waals surface area contributed by atoms with Crippen molar-refractivity contribution in [3.05, 3.63) is 23.8 Å². The van der Waals surface area contributed by atoms with E-state index in [1.165, 1.54) is 5.56 Å². The van der Waals surface area contributed by atoms with Crippen LogP contribution in [0.15, 0.2) is 18.2 Å². The first-order valence-electron chi connectivity index (χ1n) is 7.11. The number of rotatable bonds is 4. The van der Waals surface area contributed by atoms with E-state index >= 15 is 0 Å². The third kappa shape index (κ3) is 2.72. The third-order valence-electron chi connectivity index (χ3n) is 3.84. The van der Waals surface area contributed by atoms with Gasteiger partial charge in [-0.1, -0.05) is 6.07 Å². The number of hydrogen-bond donors (Lipinski definition) is 1. The molecule has 1 atom stereocenters. The SMILES string of the molecule is CN1CCC(NCCc2ccc3c(c2)OCCO3)C1=O. The predicted octanol–water partition coefficient (Wildman–Crippen LogP) is 0.821. The summed E-state index contributed by atoms with van der Waals surface area (Å²) < 4.78 is 11.1. The highest BCUT2D eigenvalue weighted by atomic mass is 16.6. The minimum Gasteiger partial charge on any atom is -0.486 e. The molecule has 5 heteroatoms. The van der Waals surface area contributed by atoms with Gasteiger partial charge in [0.1, 0.15) is 13.2 Å². The molecule has 1 N–H and O–H groups in total. The number of nitrogens with zero attached hydrogens (tertiary/aromatic N) is 1. The molecule has 1 unspecified atom stereocenters. The van der Waals surface area contributed by atoms with Crippen LogP contribution in [0.5, 0.6) is 11.5 Å². The Morgan fingerprint density at radius 3 is 2.85 bits per heavy atom. The Balaban J connectivity index is 1.52. The van der Waals surface area contributed by atoms with Crippen molar-refractivity contribution in [1.82, 2.24) is 10.2 Å². The molecular formula is C15H20N2O3. The molecular weight excluding hydrogens is 256 g/mol. The van der Waals surface area contributed by atoms with Gasteiger partial charge in [-0.2, -0.15) is 0 Å². The third-order valence-corrected chi connectivity index (χ3v) is 3.84. The average molecular weight is 276 g/mol. The van der Waals surface area contributed by atoms with E-state index in [-0.39, 0.29) is 11.9 Å². The van der Waals surface area contributed by atoms with E-state index in [0.29, 0.717) is 13.2 Å². The minimum absolute atomic E-state index is 0.0165. The molecule has 0 spiro atoms. The molecule has 1 aromatic rings. The Labute approximate surface area is 118 Å². The van der Waals surface area contributed by atoms with Crippen molar-refractivity contribution in [1.29, 1.82) is 0 Å². The number of likely N-dealkylation sites (tertiary alicyclic amines) is 1. The number of carbonyl (C=O) groups is 1. The van der Waals surface area contributed by atoms with E-state index in [4.69, 9.17) is 9.47 Å². The fourth-order valence-electron chi connectivity index (χ4n) is 2.65. The average Bonchev–Trinajstić information content (AvgIpc) is 2.79. The number of amides is 1. The highest BCUT2D eigenvalue weighted by Crippen LogP contribution is 2.30. The molecule has 2 aliphatic rings. The second kappa shape index (κ2) is 5.71. The van der Waals surface area contributed by atoms with Crippen LogP contribution < -0.4 is 14.8 Å². The topological polar surface area (TPSA) is 50.8 Å². The van der Waals surface area contributed by atoms with E-state index in [9.17, 15) is 4.79 Å². The van der Waals surface area contributed by atoms with Crippen LogP contribution >= 0.6 is 0 Å². The van der Waals surface area contributed by atoms with Crippen molar-refractivity contribution in [2.45, 2.75) is 18.9 Å². The standard InChI is InChI=1S/C15H20N2O3/c1-17-7-5-12(15(17)18)16-6-4-11-2-3-13-14(10-11)20-9-8-19-13/h2-3,10,12,16H,4-9H2,1H3. The molecule has 1 fully saturated rings. The molecule has 3 rings (SSSR count). The largest absolute Gasteiger partial charge is 0.486 e. The van der Waals surface area contributed by atoms with E-state index in [1.54, 1.807) is 4.90 Å². The molecule has 0 aromatic heterocycles. The lowest BCUT2D eigenvalue weighted by Gasteiger charge is -2.19. The Morgan fingerprint density at radius 2 is 2.10 bits per heavy atom. The molecule has 5 nitrogen and oxygen atoms in total. The summed E-state index contributed by atoms with van der Waals surface area (Å²) in [4.78, 5) is 13.5. The van der Waals surface area contributed by atoms with Gasteiger partial charge in [-0.05, 0) is 37.1 Å². The first-order chi connectivity index (χ1) is 9.74. The molecule has 108 valence electrons. The quantitative estimate of drug-likeness (QED) is 0.884. The van der Waals surface area contributed by atoms with E-state index < -0.39 is 0 Å². The van der Waals surface area contributed by atoms with Crippen LogP contribution in [0.4, 0.5) is 0 Å². The molecule has 0 aliphatic carbocycles. The van der Waals surface area contributed by atoms with Gasteiger partial charge in [0.05, 0.1) is 6.04 Å². The summed E-state index contributed by atoms with van der Waals surface area (Å²) in [5.74, 6) is 1.85. The second-order valence-electron chi connectivity index (χ2n) is 5.28. The van der Waals surface area contributed by atoms with Gasteiger partial charge in [0.15, 0.2) is 11.5 Å². The molecule has 20 heavy (non-hydrogen) atoms. The molecule has 2 aliphatic heterocycles. The van der Waals surface area contributed by atoms with Crippen molar-refractivity contribution in [2.24, 2.45) is 0 Å². The van der Waals surface area contributed by atoms with Gasteiger partial charge in [0, 0.05) is 13.6 Å². The van der Waals surface area contributed by atoms with Crippen molar-refractivity contribution in [3.63, 3.8) is 0 Å². The van der Waals surface area contributed by atoms with Gasteiger partial charge >= 0.3 is 0 Å². The summed E-state index contributed by atoms with van der Waals surface area (Å²) in [6, 6.07) is 6.02. The fourth-order valence-corrected chi connectivity index (χ4v) is 2.65. The van der Waals surface area contributed by atoms with E-state index in [0.717, 1.165) is 37.4 Å². The van der Waals surface area contributed by atoms with Gasteiger partial charge in [-0.15, -0.1) is 0 Å². The molecule has 0 bridgehead atoms. The van der Waals surface area contributed by atoms with Gasteiger partial charge in [0.2, 0.25) is 5.91 Å². The van der Waals surface area contributed by atoms with Gasteiger partial charge in [0.25, 0.3) is 0 Å². The molecule has 1 aromatic carbocycles. The lowest BCUT2D eigenvalue weighted by Crippen LogP contribution is -2.37.